The Hall–Kier alpha value is -2.08. The van der Waals surface area contributed by atoms with Crippen LogP contribution in [0.3, 0.4) is 0 Å². The van der Waals surface area contributed by atoms with Crippen LogP contribution < -0.4 is 0 Å². The number of pyridine rings is 1. The fraction of sp³-hybridized carbons (Fsp3) is 0.312. The molecule has 4 rings (SSSR count). The van der Waals surface area contributed by atoms with Gasteiger partial charge in [0.2, 0.25) is 0 Å². The smallest absolute Gasteiger partial charge is 0.277 e. The highest BCUT2D eigenvalue weighted by molar-refractivity contribution is 7.99. The Labute approximate surface area is 132 Å². The largest absolute Gasteiger partial charge is 0.469 e. The van der Waals surface area contributed by atoms with E-state index in [9.17, 15) is 0 Å². The molecule has 1 aliphatic rings. The zero-order valence-electron chi connectivity index (χ0n) is 12.2. The van der Waals surface area contributed by atoms with Crippen LogP contribution in [0.1, 0.15) is 35.1 Å². The van der Waals surface area contributed by atoms with Gasteiger partial charge >= 0.3 is 0 Å². The van der Waals surface area contributed by atoms with E-state index in [2.05, 4.69) is 21.2 Å². The molecule has 1 unspecified atom stereocenters. The molecule has 6 heteroatoms. The molecule has 0 saturated heterocycles. The van der Waals surface area contributed by atoms with Crippen molar-refractivity contribution < 1.29 is 8.83 Å². The summed E-state index contributed by atoms with van der Waals surface area (Å²) in [5.74, 6) is 1.29. The molecule has 3 aromatic heterocycles. The first kappa shape index (κ1) is 13.6. The lowest BCUT2D eigenvalue weighted by molar-refractivity contribution is 0.461. The molecule has 0 N–H and O–H groups in total. The first-order chi connectivity index (χ1) is 10.8. The maximum absolute atomic E-state index is 5.78. The molecule has 112 valence electrons. The van der Waals surface area contributed by atoms with Gasteiger partial charge in [-0.1, -0.05) is 17.8 Å². The molecule has 22 heavy (non-hydrogen) atoms. The summed E-state index contributed by atoms with van der Waals surface area (Å²) in [7, 11) is 0. The van der Waals surface area contributed by atoms with Crippen LogP contribution in [0.15, 0.2) is 44.7 Å². The molecule has 1 atom stereocenters. The van der Waals surface area contributed by atoms with Crippen molar-refractivity contribution in [2.75, 3.05) is 0 Å². The van der Waals surface area contributed by atoms with Crippen LogP contribution in [0.25, 0.3) is 11.5 Å². The first-order valence-corrected chi connectivity index (χ1v) is 8.17. The van der Waals surface area contributed by atoms with Crippen molar-refractivity contribution in [3.05, 3.63) is 47.7 Å². The Morgan fingerprint density at radius 1 is 1.27 bits per heavy atom. The maximum Gasteiger partial charge on any atom is 0.277 e. The van der Waals surface area contributed by atoms with Crippen molar-refractivity contribution in [1.82, 2.24) is 15.2 Å². The third-order valence-electron chi connectivity index (χ3n) is 3.88. The Balaban J connectivity index is 1.58. The molecular formula is C16H15N3O2S. The van der Waals surface area contributed by atoms with Crippen molar-refractivity contribution in [2.24, 2.45) is 0 Å². The minimum absolute atomic E-state index is 0.281. The number of fused-ring (bicyclic) bond motifs is 1. The molecule has 0 aromatic carbocycles. The summed E-state index contributed by atoms with van der Waals surface area (Å²) in [5.41, 5.74) is 3.33. The molecule has 3 aromatic rings. The molecule has 0 fully saturated rings. The van der Waals surface area contributed by atoms with Gasteiger partial charge in [-0.2, -0.15) is 0 Å². The molecule has 0 spiro atoms. The van der Waals surface area contributed by atoms with Crippen LogP contribution in [0, 0.1) is 6.92 Å². The lowest BCUT2D eigenvalue weighted by Crippen LogP contribution is -2.09. The number of hydrogen-bond acceptors (Lipinski definition) is 6. The van der Waals surface area contributed by atoms with Gasteiger partial charge in [0, 0.05) is 6.20 Å². The van der Waals surface area contributed by atoms with E-state index in [-0.39, 0.29) is 5.25 Å². The quantitative estimate of drug-likeness (QED) is 0.722. The molecule has 3 heterocycles. The average Bonchev–Trinajstić information content (AvgIpc) is 3.16. The fourth-order valence-corrected chi connectivity index (χ4v) is 3.84. The first-order valence-electron chi connectivity index (χ1n) is 7.29. The molecule has 0 radical (unpaired) electrons. The number of thioether (sulfide) groups is 1. The van der Waals surface area contributed by atoms with Gasteiger partial charge in [-0.15, -0.1) is 10.2 Å². The van der Waals surface area contributed by atoms with E-state index in [4.69, 9.17) is 8.83 Å². The number of aryl methyl sites for hydroxylation is 2. The summed E-state index contributed by atoms with van der Waals surface area (Å²) >= 11 is 1.60. The lowest BCUT2D eigenvalue weighted by atomic mass is 9.96. The van der Waals surface area contributed by atoms with E-state index in [1.807, 2.05) is 25.3 Å². The van der Waals surface area contributed by atoms with Gasteiger partial charge in [0.05, 0.1) is 22.8 Å². The highest BCUT2D eigenvalue weighted by Crippen LogP contribution is 2.42. The monoisotopic (exact) mass is 313 g/mol. The average molecular weight is 313 g/mol. The number of hydrogen-bond donors (Lipinski definition) is 0. The Morgan fingerprint density at radius 2 is 2.23 bits per heavy atom. The second kappa shape index (κ2) is 5.61. The molecular weight excluding hydrogens is 298 g/mol. The summed E-state index contributed by atoms with van der Waals surface area (Å²) in [4.78, 5) is 4.54. The number of aromatic nitrogens is 3. The van der Waals surface area contributed by atoms with E-state index in [0.717, 1.165) is 36.3 Å². The van der Waals surface area contributed by atoms with Gasteiger partial charge in [0.15, 0.2) is 0 Å². The number of nitrogens with zero attached hydrogens (tertiary/aromatic N) is 3. The second-order valence-electron chi connectivity index (χ2n) is 5.31. The maximum atomic E-state index is 5.78. The molecule has 0 bridgehead atoms. The molecule has 0 saturated carbocycles. The summed E-state index contributed by atoms with van der Waals surface area (Å²) in [5, 5.41) is 9.14. The van der Waals surface area contributed by atoms with E-state index in [1.165, 1.54) is 5.56 Å². The summed E-state index contributed by atoms with van der Waals surface area (Å²) in [6.07, 6.45) is 6.83. The van der Waals surface area contributed by atoms with Crippen LogP contribution >= 0.6 is 11.8 Å². The van der Waals surface area contributed by atoms with Crippen molar-refractivity contribution in [2.45, 2.75) is 36.7 Å². The van der Waals surface area contributed by atoms with Gasteiger partial charge in [-0.05, 0) is 43.9 Å². The van der Waals surface area contributed by atoms with E-state index >= 15 is 0 Å². The molecule has 0 aliphatic heterocycles. The van der Waals surface area contributed by atoms with Crippen LogP contribution in [0.4, 0.5) is 0 Å². The van der Waals surface area contributed by atoms with Gasteiger partial charge in [0.25, 0.3) is 11.1 Å². The van der Waals surface area contributed by atoms with Crippen molar-refractivity contribution in [3.63, 3.8) is 0 Å². The third-order valence-corrected chi connectivity index (χ3v) is 4.99. The third kappa shape index (κ3) is 2.43. The molecule has 1 aliphatic carbocycles. The Kier molecular flexibility index (Phi) is 3.46. The van der Waals surface area contributed by atoms with Crippen LogP contribution in [-0.4, -0.2) is 15.2 Å². The SMILES string of the molecule is Cc1occc1-c1nnc(SC2CCCc3cccnc32)o1. The minimum atomic E-state index is 0.281. The summed E-state index contributed by atoms with van der Waals surface area (Å²) in [6.45, 7) is 1.88. The van der Waals surface area contributed by atoms with E-state index in [1.54, 1.807) is 18.0 Å². The molecule has 0 amide bonds. The van der Waals surface area contributed by atoms with Gasteiger partial charge < -0.3 is 8.83 Å². The lowest BCUT2D eigenvalue weighted by Gasteiger charge is -2.22. The van der Waals surface area contributed by atoms with Gasteiger partial charge in [-0.25, -0.2) is 0 Å². The highest BCUT2D eigenvalue weighted by atomic mass is 32.2. The normalized spacial score (nSPS) is 17.4. The van der Waals surface area contributed by atoms with E-state index < -0.39 is 0 Å². The summed E-state index contributed by atoms with van der Waals surface area (Å²) in [6, 6.07) is 6.00. The summed E-state index contributed by atoms with van der Waals surface area (Å²) < 4.78 is 11.1. The van der Waals surface area contributed by atoms with Crippen LogP contribution in [0.5, 0.6) is 0 Å². The van der Waals surface area contributed by atoms with Crippen LogP contribution in [-0.2, 0) is 6.42 Å². The standard InChI is InChI=1S/C16H15N3O2S/c1-10-12(7-9-20-10)15-18-19-16(21-15)22-13-6-2-4-11-5-3-8-17-14(11)13/h3,5,7-9,13H,2,4,6H2,1H3. The van der Waals surface area contributed by atoms with Gasteiger partial charge in [-0.3, -0.25) is 4.98 Å². The Bertz CT molecular complexity index is 796. The highest BCUT2D eigenvalue weighted by Gasteiger charge is 2.25. The second-order valence-corrected chi connectivity index (χ2v) is 6.46. The number of furan rings is 1. The van der Waals surface area contributed by atoms with Gasteiger partial charge in [0.1, 0.15) is 5.76 Å². The predicted molar refractivity (Wildman–Crippen MR) is 82.5 cm³/mol. The Morgan fingerprint density at radius 3 is 3.09 bits per heavy atom. The topological polar surface area (TPSA) is 65.0 Å². The fourth-order valence-electron chi connectivity index (χ4n) is 2.78. The van der Waals surface area contributed by atoms with Crippen molar-refractivity contribution in [1.29, 1.82) is 0 Å². The minimum Gasteiger partial charge on any atom is -0.469 e. The van der Waals surface area contributed by atoms with Crippen molar-refractivity contribution >= 4 is 11.8 Å². The van der Waals surface area contributed by atoms with Crippen molar-refractivity contribution in [3.8, 4) is 11.5 Å². The van der Waals surface area contributed by atoms with Crippen LogP contribution in [0.2, 0.25) is 0 Å². The molecule has 5 nitrogen and oxygen atoms in total. The predicted octanol–water partition coefficient (Wildman–Crippen LogP) is 4.20. The van der Waals surface area contributed by atoms with E-state index in [0.29, 0.717) is 11.1 Å². The number of rotatable bonds is 3. The zero-order chi connectivity index (χ0) is 14.9. The zero-order valence-corrected chi connectivity index (χ0v) is 13.0.